The van der Waals surface area contributed by atoms with E-state index in [2.05, 4.69) is 58.5 Å². The lowest BCUT2D eigenvalue weighted by molar-refractivity contribution is -0.131. The number of ether oxygens (including phenoxy) is 2. The van der Waals surface area contributed by atoms with Gasteiger partial charge in [-0.1, -0.05) is 71.4 Å². The van der Waals surface area contributed by atoms with Crippen LogP contribution in [0.2, 0.25) is 0 Å². The van der Waals surface area contributed by atoms with Crippen molar-refractivity contribution in [3.63, 3.8) is 0 Å². The Hall–Kier alpha value is -3.02. The van der Waals surface area contributed by atoms with E-state index >= 15 is 0 Å². The number of hydrogen-bond acceptors (Lipinski definition) is 4. The molecule has 0 aliphatic rings. The van der Waals surface area contributed by atoms with Crippen LogP contribution in [0, 0.1) is 6.92 Å². The molecule has 6 heteroatoms. The van der Waals surface area contributed by atoms with Gasteiger partial charge in [0, 0.05) is 0 Å². The maximum absolute atomic E-state index is 12.1. The zero-order valence-corrected chi connectivity index (χ0v) is 19.6. The predicted molar refractivity (Wildman–Crippen MR) is 122 cm³/mol. The number of amides is 2. The van der Waals surface area contributed by atoms with E-state index in [1.807, 2.05) is 31.2 Å². The van der Waals surface area contributed by atoms with Crippen molar-refractivity contribution >= 4 is 11.8 Å². The summed E-state index contributed by atoms with van der Waals surface area (Å²) in [4.78, 5) is 24.0. The molecule has 2 aromatic carbocycles. The highest BCUT2D eigenvalue weighted by Gasteiger charge is 2.23. The molecule has 0 spiro atoms. The van der Waals surface area contributed by atoms with Crippen LogP contribution in [-0.4, -0.2) is 25.0 Å². The van der Waals surface area contributed by atoms with Crippen molar-refractivity contribution in [2.45, 2.75) is 59.3 Å². The minimum absolute atomic E-state index is 0.0147. The van der Waals surface area contributed by atoms with Crippen LogP contribution < -0.4 is 20.3 Å². The Labute approximate surface area is 185 Å². The first-order valence-corrected chi connectivity index (χ1v) is 10.4. The van der Waals surface area contributed by atoms with Crippen LogP contribution in [0.1, 0.15) is 58.2 Å². The average Bonchev–Trinajstić information content (AvgIpc) is 2.68. The van der Waals surface area contributed by atoms with Gasteiger partial charge in [-0.05, 0) is 47.1 Å². The average molecular weight is 427 g/mol. The molecule has 2 N–H and O–H groups in total. The Morgan fingerprint density at radius 2 is 1.32 bits per heavy atom. The van der Waals surface area contributed by atoms with E-state index in [1.165, 1.54) is 5.56 Å². The maximum atomic E-state index is 12.1. The predicted octanol–water partition coefficient (Wildman–Crippen LogP) is 4.20. The molecule has 0 aliphatic carbocycles. The van der Waals surface area contributed by atoms with Gasteiger partial charge in [-0.2, -0.15) is 0 Å². The van der Waals surface area contributed by atoms with E-state index in [9.17, 15) is 9.59 Å². The largest absolute Gasteiger partial charge is 0.484 e. The molecule has 0 radical (unpaired) electrons. The topological polar surface area (TPSA) is 76.7 Å². The first kappa shape index (κ1) is 24.3. The smallest absolute Gasteiger partial charge is 0.276 e. The fourth-order valence-electron chi connectivity index (χ4n) is 2.85. The van der Waals surface area contributed by atoms with Gasteiger partial charge in [0.25, 0.3) is 11.8 Å². The lowest BCUT2D eigenvalue weighted by Crippen LogP contribution is -2.45. The van der Waals surface area contributed by atoms with Gasteiger partial charge in [0.05, 0.1) is 0 Å². The van der Waals surface area contributed by atoms with Gasteiger partial charge in [0.1, 0.15) is 11.5 Å². The maximum Gasteiger partial charge on any atom is 0.276 e. The zero-order valence-electron chi connectivity index (χ0n) is 19.6. The van der Waals surface area contributed by atoms with Gasteiger partial charge in [-0.15, -0.1) is 0 Å². The molecular formula is C25H34N2O4. The molecule has 0 saturated heterocycles. The first-order chi connectivity index (χ1) is 14.4. The first-order valence-electron chi connectivity index (χ1n) is 10.4. The van der Waals surface area contributed by atoms with Crippen LogP contribution in [0.15, 0.2) is 42.5 Å². The highest BCUT2D eigenvalue weighted by Crippen LogP contribution is 2.35. The monoisotopic (exact) mass is 426 g/mol. The SMILES string of the molecule is Cc1ccc(OCC(=O)NNC(=O)COc2ccc(C(C)(C)C)cc2C(C)(C)C)cc1. The van der Waals surface area contributed by atoms with Crippen LogP contribution in [0.5, 0.6) is 11.5 Å². The van der Waals surface area contributed by atoms with Crippen molar-refractivity contribution in [2.75, 3.05) is 13.2 Å². The molecule has 31 heavy (non-hydrogen) atoms. The summed E-state index contributed by atoms with van der Waals surface area (Å²) in [6.45, 7) is 14.4. The van der Waals surface area contributed by atoms with Crippen molar-refractivity contribution in [1.29, 1.82) is 0 Å². The van der Waals surface area contributed by atoms with E-state index in [1.54, 1.807) is 12.1 Å². The van der Waals surface area contributed by atoms with E-state index in [-0.39, 0.29) is 24.0 Å². The molecule has 2 amide bonds. The number of benzene rings is 2. The van der Waals surface area contributed by atoms with Crippen molar-refractivity contribution in [3.8, 4) is 11.5 Å². The molecule has 0 fully saturated rings. The molecule has 0 heterocycles. The fourth-order valence-corrected chi connectivity index (χ4v) is 2.85. The number of carbonyl (C=O) groups excluding carboxylic acids is 2. The van der Waals surface area contributed by atoms with Gasteiger partial charge in [0.2, 0.25) is 0 Å². The van der Waals surface area contributed by atoms with Crippen molar-refractivity contribution in [3.05, 3.63) is 59.2 Å². The van der Waals surface area contributed by atoms with Gasteiger partial charge in [0.15, 0.2) is 13.2 Å². The molecule has 0 unspecified atom stereocenters. The lowest BCUT2D eigenvalue weighted by atomic mass is 9.80. The Bertz CT molecular complexity index is 907. The quantitative estimate of drug-likeness (QED) is 0.679. The van der Waals surface area contributed by atoms with Gasteiger partial charge in [-0.25, -0.2) is 0 Å². The summed E-state index contributed by atoms with van der Waals surface area (Å²) in [5.74, 6) is 0.329. The summed E-state index contributed by atoms with van der Waals surface area (Å²) >= 11 is 0. The number of hydrazine groups is 1. The third-order valence-electron chi connectivity index (χ3n) is 4.74. The minimum Gasteiger partial charge on any atom is -0.484 e. The molecule has 0 atom stereocenters. The Morgan fingerprint density at radius 3 is 1.84 bits per heavy atom. The summed E-state index contributed by atoms with van der Waals surface area (Å²) < 4.78 is 11.2. The Balaban J connectivity index is 1.87. The molecule has 2 rings (SSSR count). The fraction of sp³-hybridized carbons (Fsp3) is 0.440. The molecule has 0 aromatic heterocycles. The molecule has 6 nitrogen and oxygen atoms in total. The van der Waals surface area contributed by atoms with Crippen molar-refractivity contribution < 1.29 is 19.1 Å². The highest BCUT2D eigenvalue weighted by atomic mass is 16.5. The second-order valence-corrected chi connectivity index (χ2v) is 9.70. The Morgan fingerprint density at radius 1 is 0.774 bits per heavy atom. The third-order valence-corrected chi connectivity index (χ3v) is 4.74. The number of carbonyl (C=O) groups is 2. The third kappa shape index (κ3) is 7.63. The summed E-state index contributed by atoms with van der Waals surface area (Å²) in [6.07, 6.45) is 0. The highest BCUT2D eigenvalue weighted by molar-refractivity contribution is 5.83. The van der Waals surface area contributed by atoms with Gasteiger partial charge in [-0.3, -0.25) is 20.4 Å². The molecule has 2 aromatic rings. The molecule has 0 bridgehead atoms. The summed E-state index contributed by atoms with van der Waals surface area (Å²) in [7, 11) is 0. The van der Waals surface area contributed by atoms with E-state index in [0.717, 1.165) is 11.1 Å². The van der Waals surface area contributed by atoms with Gasteiger partial charge < -0.3 is 9.47 Å². The van der Waals surface area contributed by atoms with Crippen LogP contribution in [0.25, 0.3) is 0 Å². The summed E-state index contributed by atoms with van der Waals surface area (Å²) in [6, 6.07) is 13.4. The standard InChI is InChI=1S/C25H34N2O4/c1-17-8-11-19(12-9-17)30-15-22(28)26-27-23(29)16-31-21-13-10-18(24(2,3)4)14-20(21)25(5,6)7/h8-14H,15-16H2,1-7H3,(H,26,28)(H,27,29). The second-order valence-electron chi connectivity index (χ2n) is 9.70. The van der Waals surface area contributed by atoms with Crippen LogP contribution in [0.3, 0.4) is 0 Å². The number of aryl methyl sites for hydroxylation is 1. The minimum atomic E-state index is -0.459. The summed E-state index contributed by atoms with van der Waals surface area (Å²) in [5, 5.41) is 0. The van der Waals surface area contributed by atoms with Crippen LogP contribution >= 0.6 is 0 Å². The van der Waals surface area contributed by atoms with Crippen LogP contribution in [-0.2, 0) is 20.4 Å². The number of rotatable bonds is 6. The summed E-state index contributed by atoms with van der Waals surface area (Å²) in [5.41, 5.74) is 7.89. The molecule has 0 aliphatic heterocycles. The second kappa shape index (κ2) is 9.86. The molecule has 168 valence electrons. The lowest BCUT2D eigenvalue weighted by Gasteiger charge is -2.27. The number of nitrogens with one attached hydrogen (secondary N) is 2. The Kier molecular flexibility index (Phi) is 7.71. The molecule has 0 saturated carbocycles. The van der Waals surface area contributed by atoms with E-state index < -0.39 is 11.8 Å². The van der Waals surface area contributed by atoms with Crippen LogP contribution in [0.4, 0.5) is 0 Å². The number of hydrogen-bond donors (Lipinski definition) is 2. The molecular weight excluding hydrogens is 392 g/mol. The van der Waals surface area contributed by atoms with E-state index in [4.69, 9.17) is 9.47 Å². The van der Waals surface area contributed by atoms with Crippen molar-refractivity contribution in [1.82, 2.24) is 10.9 Å². The van der Waals surface area contributed by atoms with Gasteiger partial charge >= 0.3 is 0 Å². The zero-order chi connectivity index (χ0) is 23.2. The normalized spacial score (nSPS) is 11.6. The van der Waals surface area contributed by atoms with E-state index in [0.29, 0.717) is 11.5 Å². The van der Waals surface area contributed by atoms with Crippen molar-refractivity contribution in [2.24, 2.45) is 0 Å².